The van der Waals surface area contributed by atoms with E-state index in [4.69, 9.17) is 23.2 Å². The van der Waals surface area contributed by atoms with Crippen molar-refractivity contribution < 1.29 is 4.79 Å². The molecule has 0 aliphatic heterocycles. The van der Waals surface area contributed by atoms with E-state index in [9.17, 15) is 4.79 Å². The smallest absolute Gasteiger partial charge is 0.271 e. The van der Waals surface area contributed by atoms with Gasteiger partial charge in [-0.2, -0.15) is 5.10 Å². The van der Waals surface area contributed by atoms with E-state index in [1.165, 1.54) is 57.1 Å². The molecule has 0 radical (unpaired) electrons. The Bertz CT molecular complexity index is 628. The standard InChI is InChI=1S/C23H35Cl2N3O/c1-2-3-4-5-6-8-19-9-7-10-22(19)26-27-23(29)20-11-13-21(14-12-20)28(17-15-24)18-16-25/h11-14,19H,2-10,15-18H2,1H3,(H,27,29)/b26-22-/t19-/m0/s1. The van der Waals surface area contributed by atoms with Crippen LogP contribution in [0.4, 0.5) is 5.69 Å². The van der Waals surface area contributed by atoms with E-state index in [1.54, 1.807) is 0 Å². The molecule has 1 atom stereocenters. The maximum Gasteiger partial charge on any atom is 0.271 e. The van der Waals surface area contributed by atoms with Crippen LogP contribution in [0.15, 0.2) is 29.4 Å². The molecular weight excluding hydrogens is 405 g/mol. The van der Waals surface area contributed by atoms with E-state index in [-0.39, 0.29) is 5.91 Å². The average Bonchev–Trinajstić information content (AvgIpc) is 3.19. The molecule has 1 aliphatic carbocycles. The van der Waals surface area contributed by atoms with Crippen LogP contribution in [0, 0.1) is 5.92 Å². The average molecular weight is 440 g/mol. The van der Waals surface area contributed by atoms with Crippen LogP contribution in [0.1, 0.15) is 75.1 Å². The molecule has 0 saturated heterocycles. The van der Waals surface area contributed by atoms with Crippen LogP contribution in [-0.4, -0.2) is 36.5 Å². The molecule has 0 aromatic heterocycles. The third kappa shape index (κ3) is 8.18. The monoisotopic (exact) mass is 439 g/mol. The number of halogens is 2. The molecule has 1 N–H and O–H groups in total. The summed E-state index contributed by atoms with van der Waals surface area (Å²) in [6.45, 7) is 3.70. The van der Waals surface area contributed by atoms with Crippen LogP contribution < -0.4 is 10.3 Å². The highest BCUT2D eigenvalue weighted by Crippen LogP contribution is 2.27. The van der Waals surface area contributed by atoms with Gasteiger partial charge in [0.15, 0.2) is 0 Å². The minimum Gasteiger partial charge on any atom is -0.369 e. The van der Waals surface area contributed by atoms with Gasteiger partial charge in [-0.05, 0) is 55.9 Å². The van der Waals surface area contributed by atoms with E-state index in [0.717, 1.165) is 25.2 Å². The number of carbonyl (C=O) groups excluding carboxylic acids is 1. The summed E-state index contributed by atoms with van der Waals surface area (Å²) in [5.41, 5.74) is 5.58. The predicted molar refractivity (Wildman–Crippen MR) is 126 cm³/mol. The first kappa shape index (κ1) is 24.0. The number of unbranched alkanes of at least 4 members (excludes halogenated alkanes) is 4. The normalized spacial score (nSPS) is 17.6. The molecule has 2 rings (SSSR count). The molecule has 6 heteroatoms. The fraction of sp³-hybridized carbons (Fsp3) is 0.652. The number of nitrogens with zero attached hydrogens (tertiary/aromatic N) is 2. The van der Waals surface area contributed by atoms with Crippen LogP contribution >= 0.6 is 23.2 Å². The van der Waals surface area contributed by atoms with E-state index < -0.39 is 0 Å². The second-order valence-corrected chi connectivity index (χ2v) is 8.50. The number of rotatable bonds is 13. The van der Waals surface area contributed by atoms with E-state index in [1.807, 2.05) is 24.3 Å². The lowest BCUT2D eigenvalue weighted by Crippen LogP contribution is -2.27. The van der Waals surface area contributed by atoms with Crippen LogP contribution in [0.5, 0.6) is 0 Å². The highest BCUT2D eigenvalue weighted by molar-refractivity contribution is 6.18. The minimum absolute atomic E-state index is 0.154. The second kappa shape index (κ2) is 13.9. The van der Waals surface area contributed by atoms with Gasteiger partial charge < -0.3 is 4.90 Å². The SMILES string of the molecule is CCCCCCC[C@H]1CCC/C1=N/NC(=O)c1ccc(N(CCCl)CCCl)cc1. The Balaban J connectivity index is 1.87. The van der Waals surface area contributed by atoms with Crippen LogP contribution in [-0.2, 0) is 0 Å². The van der Waals surface area contributed by atoms with Gasteiger partial charge >= 0.3 is 0 Å². The molecule has 0 heterocycles. The number of amides is 1. The Labute approximate surface area is 186 Å². The Morgan fingerprint density at radius 2 is 1.79 bits per heavy atom. The number of alkyl halides is 2. The summed E-state index contributed by atoms with van der Waals surface area (Å²) in [4.78, 5) is 14.6. The topological polar surface area (TPSA) is 44.7 Å². The second-order valence-electron chi connectivity index (χ2n) is 7.75. The third-order valence-corrected chi connectivity index (χ3v) is 5.96. The van der Waals surface area contributed by atoms with Crippen LogP contribution in [0.2, 0.25) is 0 Å². The summed E-state index contributed by atoms with van der Waals surface area (Å²) in [7, 11) is 0. The summed E-state index contributed by atoms with van der Waals surface area (Å²) >= 11 is 11.7. The van der Waals surface area contributed by atoms with Crippen molar-refractivity contribution in [3.05, 3.63) is 29.8 Å². The summed E-state index contributed by atoms with van der Waals surface area (Å²) in [6.07, 6.45) is 11.1. The first-order valence-electron chi connectivity index (χ1n) is 11.0. The molecule has 1 amide bonds. The van der Waals surface area contributed by atoms with Gasteiger partial charge in [-0.25, -0.2) is 5.43 Å². The molecule has 29 heavy (non-hydrogen) atoms. The maximum atomic E-state index is 12.5. The van der Waals surface area contributed by atoms with Crippen molar-refractivity contribution in [1.82, 2.24) is 5.43 Å². The number of nitrogens with one attached hydrogen (secondary N) is 1. The largest absolute Gasteiger partial charge is 0.369 e. The lowest BCUT2D eigenvalue weighted by Gasteiger charge is -2.22. The van der Waals surface area contributed by atoms with Crippen molar-refractivity contribution in [2.24, 2.45) is 11.0 Å². The summed E-state index contributed by atoms with van der Waals surface area (Å²) in [6, 6.07) is 7.55. The molecule has 1 aromatic carbocycles. The number of benzene rings is 1. The Morgan fingerprint density at radius 1 is 1.10 bits per heavy atom. The van der Waals surface area contributed by atoms with Gasteiger partial charge in [0.2, 0.25) is 0 Å². The highest BCUT2D eigenvalue weighted by atomic mass is 35.5. The Kier molecular flexibility index (Phi) is 11.5. The van der Waals surface area contributed by atoms with Crippen molar-refractivity contribution in [1.29, 1.82) is 0 Å². The zero-order valence-corrected chi connectivity index (χ0v) is 19.1. The number of carbonyl (C=O) groups is 1. The zero-order chi connectivity index (χ0) is 20.9. The molecule has 1 aliphatic rings. The summed E-state index contributed by atoms with van der Waals surface area (Å²) < 4.78 is 0. The predicted octanol–water partition coefficient (Wildman–Crippen LogP) is 6.22. The van der Waals surface area contributed by atoms with Gasteiger partial charge in [0, 0.05) is 41.8 Å². The molecule has 0 bridgehead atoms. The number of anilines is 1. The molecular formula is C23H35Cl2N3O. The molecule has 4 nitrogen and oxygen atoms in total. The lowest BCUT2D eigenvalue weighted by atomic mass is 9.98. The van der Waals surface area contributed by atoms with Gasteiger partial charge in [-0.3, -0.25) is 4.79 Å². The molecule has 1 fully saturated rings. The number of hydrazone groups is 1. The van der Waals surface area contributed by atoms with E-state index >= 15 is 0 Å². The highest BCUT2D eigenvalue weighted by Gasteiger charge is 2.22. The van der Waals surface area contributed by atoms with Gasteiger partial charge in [0.05, 0.1) is 0 Å². The number of hydrogen-bond donors (Lipinski definition) is 1. The summed E-state index contributed by atoms with van der Waals surface area (Å²) in [5, 5.41) is 4.48. The fourth-order valence-electron chi connectivity index (χ4n) is 3.94. The van der Waals surface area contributed by atoms with Gasteiger partial charge in [-0.15, -0.1) is 23.2 Å². The van der Waals surface area contributed by atoms with Crippen molar-refractivity contribution >= 4 is 40.5 Å². The molecule has 0 spiro atoms. The fourth-order valence-corrected chi connectivity index (χ4v) is 4.35. The third-order valence-electron chi connectivity index (χ3n) is 5.62. The molecule has 1 saturated carbocycles. The van der Waals surface area contributed by atoms with Crippen molar-refractivity contribution in [3.63, 3.8) is 0 Å². The van der Waals surface area contributed by atoms with E-state index in [2.05, 4.69) is 22.4 Å². The van der Waals surface area contributed by atoms with Crippen molar-refractivity contribution in [2.45, 2.75) is 64.7 Å². The number of hydrogen-bond acceptors (Lipinski definition) is 3. The van der Waals surface area contributed by atoms with Gasteiger partial charge in [0.25, 0.3) is 5.91 Å². The van der Waals surface area contributed by atoms with E-state index in [0.29, 0.717) is 23.2 Å². The molecule has 162 valence electrons. The van der Waals surface area contributed by atoms with Gasteiger partial charge in [0.1, 0.15) is 0 Å². The first-order valence-corrected chi connectivity index (χ1v) is 12.1. The van der Waals surface area contributed by atoms with Crippen LogP contribution in [0.25, 0.3) is 0 Å². The molecule has 1 aromatic rings. The van der Waals surface area contributed by atoms with Crippen LogP contribution in [0.3, 0.4) is 0 Å². The quantitative estimate of drug-likeness (QED) is 0.225. The Morgan fingerprint density at radius 3 is 2.45 bits per heavy atom. The minimum atomic E-state index is -0.154. The zero-order valence-electron chi connectivity index (χ0n) is 17.6. The van der Waals surface area contributed by atoms with Gasteiger partial charge in [-0.1, -0.05) is 39.0 Å². The Hall–Kier alpha value is -1.26. The van der Waals surface area contributed by atoms with Crippen molar-refractivity contribution in [2.75, 3.05) is 29.7 Å². The lowest BCUT2D eigenvalue weighted by molar-refractivity contribution is 0.0954. The first-order chi connectivity index (χ1) is 14.2. The maximum absolute atomic E-state index is 12.5. The van der Waals surface area contributed by atoms with Crippen molar-refractivity contribution in [3.8, 4) is 0 Å². The molecule has 0 unspecified atom stereocenters. The summed E-state index contributed by atoms with van der Waals surface area (Å²) in [5.74, 6) is 1.46.